The molecule has 0 radical (unpaired) electrons. The van der Waals surface area contributed by atoms with Crippen LogP contribution in [-0.4, -0.2) is 7.05 Å². The van der Waals surface area contributed by atoms with E-state index >= 15 is 0 Å². The van der Waals surface area contributed by atoms with E-state index in [4.69, 9.17) is 10.00 Å². The lowest BCUT2D eigenvalue weighted by Gasteiger charge is -2.07. The normalized spacial score (nSPS) is 9.78. The average Bonchev–Trinajstić information content (AvgIpc) is 2.40. The zero-order valence-corrected chi connectivity index (χ0v) is 10.2. The Bertz CT molecular complexity index is 555. The minimum atomic E-state index is 0.631. The maximum Gasteiger partial charge on any atom is 0.127 e. The third-order valence-corrected chi connectivity index (χ3v) is 2.50. The van der Waals surface area contributed by atoms with Gasteiger partial charge in [-0.2, -0.15) is 5.26 Å². The van der Waals surface area contributed by atoms with Crippen LogP contribution in [0.15, 0.2) is 48.5 Å². The highest BCUT2D eigenvalue weighted by atomic mass is 16.5. The van der Waals surface area contributed by atoms with Gasteiger partial charge < -0.3 is 10.1 Å². The van der Waals surface area contributed by atoms with Crippen molar-refractivity contribution in [1.82, 2.24) is 5.32 Å². The highest BCUT2D eigenvalue weighted by Gasteiger charge is 1.99. The number of rotatable bonds is 4. The zero-order valence-electron chi connectivity index (χ0n) is 10.2. The molecule has 0 bridgehead atoms. The molecule has 0 heterocycles. The van der Waals surface area contributed by atoms with E-state index in [0.717, 1.165) is 18.0 Å². The quantitative estimate of drug-likeness (QED) is 0.890. The number of ether oxygens (including phenoxy) is 1. The summed E-state index contributed by atoms with van der Waals surface area (Å²) < 4.78 is 5.73. The van der Waals surface area contributed by atoms with Crippen LogP contribution in [0, 0.1) is 11.3 Å². The second-order valence-electron chi connectivity index (χ2n) is 3.92. The van der Waals surface area contributed by atoms with Gasteiger partial charge in [0, 0.05) is 6.54 Å². The highest BCUT2D eigenvalue weighted by Crippen LogP contribution is 2.22. The van der Waals surface area contributed by atoms with Crippen LogP contribution < -0.4 is 10.1 Å². The Morgan fingerprint density at radius 2 is 1.89 bits per heavy atom. The van der Waals surface area contributed by atoms with Gasteiger partial charge in [-0.3, -0.25) is 0 Å². The predicted molar refractivity (Wildman–Crippen MR) is 70.4 cm³/mol. The molecule has 0 saturated carbocycles. The molecule has 90 valence electrons. The fourth-order valence-electron chi connectivity index (χ4n) is 1.66. The number of nitrogens with one attached hydrogen (secondary N) is 1. The molecule has 2 rings (SSSR count). The lowest BCUT2D eigenvalue weighted by molar-refractivity contribution is 0.481. The van der Waals surface area contributed by atoms with Gasteiger partial charge in [0.25, 0.3) is 0 Å². The molecule has 0 atom stereocenters. The molecule has 3 nitrogen and oxygen atoms in total. The first-order chi connectivity index (χ1) is 8.81. The van der Waals surface area contributed by atoms with Gasteiger partial charge in [0.1, 0.15) is 11.5 Å². The molecule has 0 aliphatic heterocycles. The Morgan fingerprint density at radius 1 is 1.11 bits per heavy atom. The summed E-state index contributed by atoms with van der Waals surface area (Å²) in [5.41, 5.74) is 1.80. The summed E-state index contributed by atoms with van der Waals surface area (Å²) in [4.78, 5) is 0. The average molecular weight is 238 g/mol. The molecule has 0 aliphatic rings. The van der Waals surface area contributed by atoms with E-state index in [1.807, 2.05) is 31.3 Å². The third-order valence-electron chi connectivity index (χ3n) is 2.50. The van der Waals surface area contributed by atoms with Crippen molar-refractivity contribution in [1.29, 1.82) is 5.26 Å². The SMILES string of the molecule is CNCc1cccc(Oc2ccc(C#N)cc2)c1. The molecular weight excluding hydrogens is 224 g/mol. The van der Waals surface area contributed by atoms with Crippen molar-refractivity contribution in [2.45, 2.75) is 6.54 Å². The van der Waals surface area contributed by atoms with Gasteiger partial charge in [0.2, 0.25) is 0 Å². The molecule has 0 fully saturated rings. The van der Waals surface area contributed by atoms with Crippen molar-refractivity contribution in [3.63, 3.8) is 0 Å². The summed E-state index contributed by atoms with van der Waals surface area (Å²) in [6.07, 6.45) is 0. The van der Waals surface area contributed by atoms with Gasteiger partial charge in [0.15, 0.2) is 0 Å². The van der Waals surface area contributed by atoms with Crippen molar-refractivity contribution >= 4 is 0 Å². The Balaban J connectivity index is 2.12. The van der Waals surface area contributed by atoms with Gasteiger partial charge >= 0.3 is 0 Å². The van der Waals surface area contributed by atoms with Gasteiger partial charge in [-0.25, -0.2) is 0 Å². The Kier molecular flexibility index (Phi) is 3.95. The molecule has 0 unspecified atom stereocenters. The van der Waals surface area contributed by atoms with Gasteiger partial charge in [-0.1, -0.05) is 12.1 Å². The second kappa shape index (κ2) is 5.85. The monoisotopic (exact) mass is 238 g/mol. The second-order valence-corrected chi connectivity index (χ2v) is 3.92. The van der Waals surface area contributed by atoms with Crippen LogP contribution in [0.25, 0.3) is 0 Å². The zero-order chi connectivity index (χ0) is 12.8. The van der Waals surface area contributed by atoms with E-state index < -0.39 is 0 Å². The van der Waals surface area contributed by atoms with Crippen molar-refractivity contribution in [2.75, 3.05) is 7.05 Å². The van der Waals surface area contributed by atoms with E-state index in [1.165, 1.54) is 5.56 Å². The van der Waals surface area contributed by atoms with Crippen molar-refractivity contribution in [3.8, 4) is 17.6 Å². The molecule has 2 aromatic rings. The minimum Gasteiger partial charge on any atom is -0.457 e. The van der Waals surface area contributed by atoms with Crippen LogP contribution in [0.3, 0.4) is 0 Å². The fraction of sp³-hybridized carbons (Fsp3) is 0.133. The molecule has 0 saturated heterocycles. The predicted octanol–water partition coefficient (Wildman–Crippen LogP) is 3.07. The van der Waals surface area contributed by atoms with E-state index in [-0.39, 0.29) is 0 Å². The first-order valence-electron chi connectivity index (χ1n) is 5.73. The van der Waals surface area contributed by atoms with Crippen LogP contribution in [0.1, 0.15) is 11.1 Å². The molecule has 0 spiro atoms. The maximum absolute atomic E-state index is 8.72. The van der Waals surface area contributed by atoms with E-state index in [9.17, 15) is 0 Å². The van der Waals surface area contributed by atoms with Gasteiger partial charge in [-0.15, -0.1) is 0 Å². The summed E-state index contributed by atoms with van der Waals surface area (Å²) in [6.45, 7) is 0.810. The lowest BCUT2D eigenvalue weighted by Crippen LogP contribution is -2.04. The minimum absolute atomic E-state index is 0.631. The maximum atomic E-state index is 8.72. The smallest absolute Gasteiger partial charge is 0.127 e. The van der Waals surface area contributed by atoms with Crippen LogP contribution in [0.5, 0.6) is 11.5 Å². The van der Waals surface area contributed by atoms with Crippen molar-refractivity contribution < 1.29 is 4.74 Å². The Hall–Kier alpha value is -2.31. The number of hydrogen-bond acceptors (Lipinski definition) is 3. The summed E-state index contributed by atoms with van der Waals surface area (Å²) in [5, 5.41) is 11.8. The summed E-state index contributed by atoms with van der Waals surface area (Å²) in [5.74, 6) is 1.53. The highest BCUT2D eigenvalue weighted by molar-refractivity contribution is 5.38. The largest absolute Gasteiger partial charge is 0.457 e. The molecule has 0 aromatic heterocycles. The summed E-state index contributed by atoms with van der Waals surface area (Å²) >= 11 is 0. The van der Waals surface area contributed by atoms with Crippen LogP contribution in [0.4, 0.5) is 0 Å². The topological polar surface area (TPSA) is 45.0 Å². The number of benzene rings is 2. The Labute approximate surface area is 107 Å². The van der Waals surface area contributed by atoms with Gasteiger partial charge in [-0.05, 0) is 49.0 Å². The molecule has 0 amide bonds. The molecule has 1 N–H and O–H groups in total. The van der Waals surface area contributed by atoms with E-state index in [2.05, 4.69) is 11.4 Å². The van der Waals surface area contributed by atoms with Crippen LogP contribution in [-0.2, 0) is 6.54 Å². The van der Waals surface area contributed by atoms with Gasteiger partial charge in [0.05, 0.1) is 11.6 Å². The first kappa shape index (κ1) is 12.2. The molecule has 18 heavy (non-hydrogen) atoms. The molecule has 2 aromatic carbocycles. The number of nitriles is 1. The van der Waals surface area contributed by atoms with Crippen LogP contribution in [0.2, 0.25) is 0 Å². The first-order valence-corrected chi connectivity index (χ1v) is 5.73. The number of hydrogen-bond donors (Lipinski definition) is 1. The van der Waals surface area contributed by atoms with Crippen molar-refractivity contribution in [3.05, 3.63) is 59.7 Å². The molecule has 3 heteroatoms. The third kappa shape index (κ3) is 3.09. The molecule has 0 aliphatic carbocycles. The Morgan fingerprint density at radius 3 is 2.56 bits per heavy atom. The van der Waals surface area contributed by atoms with E-state index in [1.54, 1.807) is 24.3 Å². The number of nitrogens with zero attached hydrogens (tertiary/aromatic N) is 1. The summed E-state index contributed by atoms with van der Waals surface area (Å²) in [7, 11) is 1.91. The summed E-state index contributed by atoms with van der Waals surface area (Å²) in [6, 6.07) is 17.1. The van der Waals surface area contributed by atoms with Crippen molar-refractivity contribution in [2.24, 2.45) is 0 Å². The standard InChI is InChI=1S/C15H14N2O/c1-17-11-13-3-2-4-15(9-13)18-14-7-5-12(10-16)6-8-14/h2-9,17H,11H2,1H3. The van der Waals surface area contributed by atoms with Crippen LogP contribution >= 0.6 is 0 Å². The molecular formula is C15H14N2O. The lowest BCUT2D eigenvalue weighted by atomic mass is 10.2. The van der Waals surface area contributed by atoms with E-state index in [0.29, 0.717) is 5.56 Å². The fourth-order valence-corrected chi connectivity index (χ4v) is 1.66.